The van der Waals surface area contributed by atoms with Gasteiger partial charge in [0.25, 0.3) is 5.91 Å². The van der Waals surface area contributed by atoms with Gasteiger partial charge in [-0.05, 0) is 54.9 Å². The van der Waals surface area contributed by atoms with E-state index < -0.39 is 0 Å². The van der Waals surface area contributed by atoms with Crippen molar-refractivity contribution in [3.8, 4) is 0 Å². The van der Waals surface area contributed by atoms with Crippen LogP contribution in [0.5, 0.6) is 0 Å². The average molecular weight is 362 g/mol. The van der Waals surface area contributed by atoms with Crippen LogP contribution < -0.4 is 5.32 Å². The first-order valence-corrected chi connectivity index (χ1v) is 9.76. The molecule has 1 N–H and O–H groups in total. The van der Waals surface area contributed by atoms with E-state index in [1.165, 1.54) is 5.56 Å². The van der Waals surface area contributed by atoms with Crippen LogP contribution in [0.1, 0.15) is 40.7 Å². The van der Waals surface area contributed by atoms with Crippen LogP contribution in [-0.4, -0.2) is 35.8 Å². The molecule has 4 heteroatoms. The van der Waals surface area contributed by atoms with Crippen LogP contribution in [0.4, 0.5) is 0 Å². The zero-order valence-corrected chi connectivity index (χ0v) is 15.8. The van der Waals surface area contributed by atoms with E-state index in [9.17, 15) is 9.59 Å². The molecule has 2 amide bonds. The summed E-state index contributed by atoms with van der Waals surface area (Å²) in [5.41, 5.74) is 3.20. The summed E-state index contributed by atoms with van der Waals surface area (Å²) in [6.45, 7) is 3.64. The van der Waals surface area contributed by atoms with Crippen molar-refractivity contribution in [3.63, 3.8) is 0 Å². The van der Waals surface area contributed by atoms with E-state index in [1.54, 1.807) is 0 Å². The SMILES string of the molecule is Cc1ccccc1CC(=O)N1CCC2(CC1)CC2NC(=O)c1ccccc1. The minimum absolute atomic E-state index is 0.00975. The van der Waals surface area contributed by atoms with Crippen molar-refractivity contribution < 1.29 is 9.59 Å². The molecule has 1 atom stereocenters. The fourth-order valence-electron chi connectivity index (χ4n) is 4.22. The fourth-order valence-corrected chi connectivity index (χ4v) is 4.22. The molecule has 1 spiro atoms. The Kier molecular flexibility index (Phi) is 4.73. The van der Waals surface area contributed by atoms with Crippen LogP contribution in [0, 0.1) is 12.3 Å². The van der Waals surface area contributed by atoms with Gasteiger partial charge in [-0.3, -0.25) is 9.59 Å². The van der Waals surface area contributed by atoms with Crippen molar-refractivity contribution >= 4 is 11.8 Å². The lowest BCUT2D eigenvalue weighted by molar-refractivity contribution is -0.132. The second-order valence-corrected chi connectivity index (χ2v) is 7.94. The maximum absolute atomic E-state index is 12.7. The summed E-state index contributed by atoms with van der Waals surface area (Å²) in [6, 6.07) is 17.7. The van der Waals surface area contributed by atoms with E-state index in [1.807, 2.05) is 53.4 Å². The quantitative estimate of drug-likeness (QED) is 0.907. The summed E-state index contributed by atoms with van der Waals surface area (Å²) in [5.74, 6) is 0.222. The highest BCUT2D eigenvalue weighted by Gasteiger charge is 2.55. The molecule has 1 aliphatic carbocycles. The number of nitrogens with zero attached hydrogens (tertiary/aromatic N) is 1. The molecule has 2 fully saturated rings. The van der Waals surface area contributed by atoms with Crippen molar-refractivity contribution in [2.24, 2.45) is 5.41 Å². The number of carbonyl (C=O) groups is 2. The van der Waals surface area contributed by atoms with E-state index in [0.717, 1.165) is 37.9 Å². The van der Waals surface area contributed by atoms with Gasteiger partial charge in [-0.2, -0.15) is 0 Å². The molecule has 2 aromatic carbocycles. The van der Waals surface area contributed by atoms with Gasteiger partial charge in [-0.15, -0.1) is 0 Å². The summed E-state index contributed by atoms with van der Waals surface area (Å²) < 4.78 is 0. The molecule has 2 aliphatic rings. The van der Waals surface area contributed by atoms with Gasteiger partial charge in [0, 0.05) is 24.7 Å². The summed E-state index contributed by atoms with van der Waals surface area (Å²) in [7, 11) is 0. The number of aryl methyl sites for hydroxylation is 1. The van der Waals surface area contributed by atoms with E-state index >= 15 is 0 Å². The summed E-state index contributed by atoms with van der Waals surface area (Å²) >= 11 is 0. The summed E-state index contributed by atoms with van der Waals surface area (Å²) in [6.07, 6.45) is 3.47. The van der Waals surface area contributed by atoms with Crippen molar-refractivity contribution in [3.05, 3.63) is 71.3 Å². The largest absolute Gasteiger partial charge is 0.349 e. The zero-order valence-electron chi connectivity index (χ0n) is 15.8. The maximum Gasteiger partial charge on any atom is 0.251 e. The highest BCUT2D eigenvalue weighted by molar-refractivity contribution is 5.94. The van der Waals surface area contributed by atoms with Crippen LogP contribution in [0.3, 0.4) is 0 Å². The fraction of sp³-hybridized carbons (Fsp3) is 0.391. The summed E-state index contributed by atoms with van der Waals surface area (Å²) in [5, 5.41) is 3.18. The van der Waals surface area contributed by atoms with Gasteiger partial charge in [-0.25, -0.2) is 0 Å². The Balaban J connectivity index is 1.29. The lowest BCUT2D eigenvalue weighted by atomic mass is 9.92. The number of amides is 2. The monoisotopic (exact) mass is 362 g/mol. The van der Waals surface area contributed by atoms with Crippen molar-refractivity contribution in [1.82, 2.24) is 10.2 Å². The molecule has 1 heterocycles. The van der Waals surface area contributed by atoms with Gasteiger partial charge >= 0.3 is 0 Å². The van der Waals surface area contributed by atoms with Crippen molar-refractivity contribution in [2.45, 2.75) is 38.6 Å². The number of rotatable bonds is 4. The van der Waals surface area contributed by atoms with Crippen molar-refractivity contribution in [1.29, 1.82) is 0 Å². The standard InChI is InChI=1S/C23H26N2O2/c1-17-7-5-6-10-19(17)15-21(26)25-13-11-23(12-14-25)16-20(23)24-22(27)18-8-3-2-4-9-18/h2-10,20H,11-16H2,1H3,(H,24,27). The predicted octanol–water partition coefficient (Wildman–Crippen LogP) is 3.35. The number of nitrogens with one attached hydrogen (secondary N) is 1. The Morgan fingerprint density at radius 1 is 1.04 bits per heavy atom. The highest BCUT2D eigenvalue weighted by atomic mass is 16.2. The molecular formula is C23H26N2O2. The van der Waals surface area contributed by atoms with Crippen LogP contribution in [0.2, 0.25) is 0 Å². The van der Waals surface area contributed by atoms with Gasteiger partial charge in [-0.1, -0.05) is 42.5 Å². The number of hydrogen-bond donors (Lipinski definition) is 1. The molecule has 27 heavy (non-hydrogen) atoms. The molecule has 1 saturated heterocycles. The van der Waals surface area contributed by atoms with Gasteiger partial charge in [0.2, 0.25) is 5.91 Å². The Bertz CT molecular complexity index is 838. The molecule has 1 saturated carbocycles. The van der Waals surface area contributed by atoms with Crippen LogP contribution in [-0.2, 0) is 11.2 Å². The number of carbonyl (C=O) groups excluding carboxylic acids is 2. The molecule has 140 valence electrons. The van der Waals surface area contributed by atoms with E-state index in [2.05, 4.69) is 18.3 Å². The minimum Gasteiger partial charge on any atom is -0.349 e. The second kappa shape index (κ2) is 7.18. The topological polar surface area (TPSA) is 49.4 Å². The van der Waals surface area contributed by atoms with Gasteiger partial charge in [0.05, 0.1) is 6.42 Å². The molecule has 2 aromatic rings. The highest BCUT2D eigenvalue weighted by Crippen LogP contribution is 2.54. The van der Waals surface area contributed by atoms with Crippen molar-refractivity contribution in [2.75, 3.05) is 13.1 Å². The zero-order chi connectivity index (χ0) is 18.9. The number of benzene rings is 2. The first kappa shape index (κ1) is 17.8. The Labute approximate surface area is 160 Å². The Hall–Kier alpha value is -2.62. The lowest BCUT2D eigenvalue weighted by Crippen LogP contribution is -2.42. The maximum atomic E-state index is 12.7. The second-order valence-electron chi connectivity index (χ2n) is 7.94. The summed E-state index contributed by atoms with van der Waals surface area (Å²) in [4.78, 5) is 27.0. The molecular weight excluding hydrogens is 336 g/mol. The smallest absolute Gasteiger partial charge is 0.251 e. The van der Waals surface area contributed by atoms with Crippen LogP contribution in [0.25, 0.3) is 0 Å². The lowest BCUT2D eigenvalue weighted by Gasteiger charge is -2.33. The third kappa shape index (κ3) is 3.75. The van der Waals surface area contributed by atoms with E-state index in [4.69, 9.17) is 0 Å². The number of piperidine rings is 1. The average Bonchev–Trinajstić information content (AvgIpc) is 3.35. The third-order valence-corrected chi connectivity index (χ3v) is 6.25. The molecule has 0 bridgehead atoms. The van der Waals surface area contributed by atoms with Gasteiger partial charge < -0.3 is 10.2 Å². The molecule has 0 radical (unpaired) electrons. The van der Waals surface area contributed by atoms with Crippen LogP contribution in [0.15, 0.2) is 54.6 Å². The normalized spacial score (nSPS) is 20.3. The van der Waals surface area contributed by atoms with E-state index in [-0.39, 0.29) is 23.3 Å². The molecule has 1 unspecified atom stereocenters. The first-order chi connectivity index (χ1) is 13.1. The third-order valence-electron chi connectivity index (χ3n) is 6.25. The predicted molar refractivity (Wildman–Crippen MR) is 105 cm³/mol. The first-order valence-electron chi connectivity index (χ1n) is 9.76. The molecule has 1 aliphatic heterocycles. The van der Waals surface area contributed by atoms with Crippen LogP contribution >= 0.6 is 0 Å². The number of likely N-dealkylation sites (tertiary alicyclic amines) is 1. The van der Waals surface area contributed by atoms with Gasteiger partial charge in [0.15, 0.2) is 0 Å². The molecule has 4 rings (SSSR count). The van der Waals surface area contributed by atoms with Gasteiger partial charge in [0.1, 0.15) is 0 Å². The molecule has 0 aromatic heterocycles. The number of hydrogen-bond acceptors (Lipinski definition) is 2. The molecule has 4 nitrogen and oxygen atoms in total. The minimum atomic E-state index is 0.00975. The van der Waals surface area contributed by atoms with E-state index in [0.29, 0.717) is 12.0 Å². The Morgan fingerprint density at radius 3 is 2.41 bits per heavy atom. The Morgan fingerprint density at radius 2 is 1.70 bits per heavy atom.